The van der Waals surface area contributed by atoms with E-state index in [2.05, 4.69) is 19.6 Å². The standard InChI is InChI=1S/C25H30ClN5O3S/c1-5-30(6-2)25(33)18-14-27-24-21(15(3)29-35-24)22(18)31-11-9-16(10-12-31)23(32)28-19-13-17(26)7-8-20(19)34-4/h7-8,13-14,16H,5-6,9-12H2,1-4H3,(H,28,32). The molecule has 1 fully saturated rings. The Morgan fingerprint density at radius 2 is 1.97 bits per heavy atom. The number of aryl methyl sites for hydroxylation is 1. The minimum absolute atomic E-state index is 0.0297. The zero-order chi connectivity index (χ0) is 25.1. The van der Waals surface area contributed by atoms with E-state index in [9.17, 15) is 9.59 Å². The smallest absolute Gasteiger partial charge is 0.257 e. The van der Waals surface area contributed by atoms with E-state index in [-0.39, 0.29) is 17.7 Å². The summed E-state index contributed by atoms with van der Waals surface area (Å²) < 4.78 is 9.84. The minimum Gasteiger partial charge on any atom is -0.495 e. The third kappa shape index (κ3) is 5.06. The van der Waals surface area contributed by atoms with E-state index in [4.69, 9.17) is 16.3 Å². The Balaban J connectivity index is 1.57. The van der Waals surface area contributed by atoms with Gasteiger partial charge >= 0.3 is 0 Å². The highest BCUT2D eigenvalue weighted by Gasteiger charge is 2.31. The molecule has 35 heavy (non-hydrogen) atoms. The first-order valence-corrected chi connectivity index (χ1v) is 13.0. The van der Waals surface area contributed by atoms with Gasteiger partial charge < -0.3 is 19.9 Å². The molecule has 0 spiro atoms. The third-order valence-corrected chi connectivity index (χ3v) is 7.61. The molecule has 2 amide bonds. The first-order chi connectivity index (χ1) is 16.9. The van der Waals surface area contributed by atoms with Crippen LogP contribution in [0.1, 0.15) is 42.7 Å². The SMILES string of the molecule is CCN(CC)C(=O)c1cnc2snc(C)c2c1N1CCC(C(=O)Nc2cc(Cl)ccc2OC)CC1. The van der Waals surface area contributed by atoms with Crippen LogP contribution in [0.5, 0.6) is 5.75 Å². The number of ether oxygens (including phenoxy) is 1. The average molecular weight is 516 g/mol. The summed E-state index contributed by atoms with van der Waals surface area (Å²) in [4.78, 5) is 35.8. The van der Waals surface area contributed by atoms with Crippen molar-refractivity contribution in [3.8, 4) is 5.75 Å². The van der Waals surface area contributed by atoms with Crippen LogP contribution in [0.15, 0.2) is 24.4 Å². The van der Waals surface area contributed by atoms with Crippen molar-refractivity contribution in [3.63, 3.8) is 0 Å². The van der Waals surface area contributed by atoms with Gasteiger partial charge in [-0.3, -0.25) is 9.59 Å². The Bertz CT molecular complexity index is 1240. The molecule has 0 bridgehead atoms. The van der Waals surface area contributed by atoms with Crippen molar-refractivity contribution in [1.29, 1.82) is 0 Å². The number of hydrogen-bond acceptors (Lipinski definition) is 7. The molecule has 4 rings (SSSR count). The highest BCUT2D eigenvalue weighted by molar-refractivity contribution is 7.13. The fourth-order valence-corrected chi connectivity index (χ4v) is 5.50. The summed E-state index contributed by atoms with van der Waals surface area (Å²) in [5.74, 6) is 0.325. The number of hydrogen-bond donors (Lipinski definition) is 1. The lowest BCUT2D eigenvalue weighted by Gasteiger charge is -2.35. The van der Waals surface area contributed by atoms with Crippen LogP contribution >= 0.6 is 23.1 Å². The second-order valence-corrected chi connectivity index (χ2v) is 9.73. The van der Waals surface area contributed by atoms with Gasteiger partial charge in [-0.25, -0.2) is 4.98 Å². The van der Waals surface area contributed by atoms with Gasteiger partial charge in [-0.2, -0.15) is 4.37 Å². The molecule has 1 aliphatic heterocycles. The number of rotatable bonds is 7. The third-order valence-electron chi connectivity index (χ3n) is 6.53. The van der Waals surface area contributed by atoms with Crippen LogP contribution in [-0.4, -0.2) is 59.4 Å². The summed E-state index contributed by atoms with van der Waals surface area (Å²) in [6.45, 7) is 8.46. The lowest BCUT2D eigenvalue weighted by atomic mass is 9.94. The first-order valence-electron chi connectivity index (χ1n) is 11.8. The number of nitrogens with zero attached hydrogens (tertiary/aromatic N) is 4. The maximum atomic E-state index is 13.4. The summed E-state index contributed by atoms with van der Waals surface area (Å²) in [6, 6.07) is 5.15. The molecule has 0 unspecified atom stereocenters. The van der Waals surface area contributed by atoms with Crippen LogP contribution in [0.3, 0.4) is 0 Å². The van der Waals surface area contributed by atoms with Crippen LogP contribution in [0, 0.1) is 12.8 Å². The highest BCUT2D eigenvalue weighted by Crippen LogP contribution is 2.37. The van der Waals surface area contributed by atoms with Crippen LogP contribution in [0.25, 0.3) is 10.2 Å². The van der Waals surface area contributed by atoms with Crippen molar-refractivity contribution in [1.82, 2.24) is 14.3 Å². The summed E-state index contributed by atoms with van der Waals surface area (Å²) in [7, 11) is 1.56. The number of benzene rings is 1. The molecule has 3 heterocycles. The van der Waals surface area contributed by atoms with E-state index in [0.29, 0.717) is 61.0 Å². The van der Waals surface area contributed by atoms with E-state index >= 15 is 0 Å². The van der Waals surface area contributed by atoms with Gasteiger partial charge in [0.05, 0.1) is 35.1 Å². The molecule has 0 radical (unpaired) electrons. The summed E-state index contributed by atoms with van der Waals surface area (Å²) in [5, 5.41) is 4.44. The van der Waals surface area contributed by atoms with Crippen molar-refractivity contribution in [2.45, 2.75) is 33.6 Å². The van der Waals surface area contributed by atoms with E-state index in [0.717, 1.165) is 21.6 Å². The normalized spacial score (nSPS) is 14.3. The zero-order valence-corrected chi connectivity index (χ0v) is 22.0. The molecular formula is C25H30ClN5O3S. The molecule has 1 N–H and O–H groups in total. The van der Waals surface area contributed by atoms with Crippen molar-refractivity contribution < 1.29 is 14.3 Å². The molecule has 0 atom stereocenters. The molecule has 10 heteroatoms. The molecule has 0 aliphatic carbocycles. The second-order valence-electron chi connectivity index (χ2n) is 8.54. The number of piperidine rings is 1. The van der Waals surface area contributed by atoms with Crippen molar-refractivity contribution in [2.24, 2.45) is 5.92 Å². The van der Waals surface area contributed by atoms with Gasteiger partial charge in [-0.05, 0) is 63.3 Å². The number of amides is 2. The quantitative estimate of drug-likeness (QED) is 0.476. The first kappa shape index (κ1) is 25.2. The monoisotopic (exact) mass is 515 g/mol. The second kappa shape index (κ2) is 10.8. The van der Waals surface area contributed by atoms with Gasteiger partial charge in [0.1, 0.15) is 10.6 Å². The Morgan fingerprint density at radius 3 is 2.63 bits per heavy atom. The summed E-state index contributed by atoms with van der Waals surface area (Å²) >= 11 is 7.45. The van der Waals surface area contributed by atoms with Crippen LogP contribution < -0.4 is 15.0 Å². The number of carbonyl (C=O) groups is 2. The predicted molar refractivity (Wildman–Crippen MR) is 141 cm³/mol. The van der Waals surface area contributed by atoms with Crippen molar-refractivity contribution in [2.75, 3.05) is 43.5 Å². The summed E-state index contributed by atoms with van der Waals surface area (Å²) in [5.41, 5.74) is 2.91. The van der Waals surface area contributed by atoms with Crippen LogP contribution in [0.2, 0.25) is 5.02 Å². The topological polar surface area (TPSA) is 87.7 Å². The molecule has 1 aromatic carbocycles. The number of methoxy groups -OCH3 is 1. The van der Waals surface area contributed by atoms with E-state index in [1.807, 2.05) is 20.8 Å². The molecular weight excluding hydrogens is 486 g/mol. The van der Waals surface area contributed by atoms with Gasteiger partial charge in [0.25, 0.3) is 5.91 Å². The van der Waals surface area contributed by atoms with Crippen molar-refractivity contribution in [3.05, 3.63) is 40.7 Å². The predicted octanol–water partition coefficient (Wildman–Crippen LogP) is 5.00. The number of carbonyl (C=O) groups excluding carboxylic acids is 2. The Labute approximate surface area is 214 Å². The lowest BCUT2D eigenvalue weighted by molar-refractivity contribution is -0.120. The largest absolute Gasteiger partial charge is 0.495 e. The Hall–Kier alpha value is -2.91. The number of anilines is 2. The van der Waals surface area contributed by atoms with Crippen molar-refractivity contribution >= 4 is 56.5 Å². The van der Waals surface area contributed by atoms with Gasteiger partial charge in [0, 0.05) is 43.3 Å². The molecule has 186 valence electrons. The maximum absolute atomic E-state index is 13.4. The van der Waals surface area contributed by atoms with Crippen LogP contribution in [-0.2, 0) is 4.79 Å². The number of aromatic nitrogens is 2. The minimum atomic E-state index is -0.157. The number of halogens is 1. The van der Waals surface area contributed by atoms with E-state index in [1.54, 1.807) is 36.4 Å². The fraction of sp³-hybridized carbons (Fsp3) is 0.440. The fourth-order valence-electron chi connectivity index (χ4n) is 4.58. The molecule has 3 aromatic rings. The Morgan fingerprint density at radius 1 is 1.26 bits per heavy atom. The maximum Gasteiger partial charge on any atom is 0.257 e. The van der Waals surface area contributed by atoms with Crippen LogP contribution in [0.4, 0.5) is 11.4 Å². The number of pyridine rings is 1. The van der Waals surface area contributed by atoms with Gasteiger partial charge in [0.15, 0.2) is 0 Å². The number of fused-ring (bicyclic) bond motifs is 1. The molecule has 8 nitrogen and oxygen atoms in total. The molecule has 1 saturated heterocycles. The van der Waals surface area contributed by atoms with Gasteiger partial charge in [-0.1, -0.05) is 11.6 Å². The van der Waals surface area contributed by atoms with E-state index < -0.39 is 0 Å². The molecule has 0 saturated carbocycles. The number of nitrogens with one attached hydrogen (secondary N) is 1. The zero-order valence-electron chi connectivity index (χ0n) is 20.4. The summed E-state index contributed by atoms with van der Waals surface area (Å²) in [6.07, 6.45) is 3.00. The van der Waals surface area contributed by atoms with E-state index in [1.165, 1.54) is 11.5 Å². The van der Waals surface area contributed by atoms with Gasteiger partial charge in [0.2, 0.25) is 5.91 Å². The highest BCUT2D eigenvalue weighted by atomic mass is 35.5. The van der Waals surface area contributed by atoms with Gasteiger partial charge in [-0.15, -0.1) is 0 Å². The Kier molecular flexibility index (Phi) is 7.76. The lowest BCUT2D eigenvalue weighted by Crippen LogP contribution is -2.40. The average Bonchev–Trinajstić information content (AvgIpc) is 3.25. The molecule has 2 aromatic heterocycles. The molecule has 1 aliphatic rings.